The molecule has 0 aliphatic rings. The Morgan fingerprint density at radius 3 is 1.32 bits per heavy atom. The molecule has 0 N–H and O–H groups in total. The lowest BCUT2D eigenvalue weighted by Gasteiger charge is -2.31. The smallest absolute Gasteiger partial charge is 0.155 e. The zero-order valence-electron chi connectivity index (χ0n) is 53.5. The van der Waals surface area contributed by atoms with Gasteiger partial charge in [-0.1, -0.05) is 163 Å². The standard InChI is InChI=1S/C73H60F2N2/c1-43-28-29-44(2)59(42-43)55-36-40-64(73(75)70(55)66-48(6)21-16-22-49(66)7)77(60-27-14-13-18-45(60)3)62-39-33-53-30-34-56-61(38-32-52-31-35-57(62)69(53)68(52)56)76(54-25-11-10-12-26-54)63-41-37-58(65-46(4)19-15-20-47(65)5)71(72(63)74)67-50(8)23-17-24-51(67)9/h10-42H,1-9H3/i10D,11D,12D,13D,14D,18D,25D,26D,27D. The molecule has 0 atom stereocenters. The van der Waals surface area contributed by atoms with Gasteiger partial charge in [-0.2, -0.15) is 0 Å². The van der Waals surface area contributed by atoms with Gasteiger partial charge in [0.25, 0.3) is 0 Å². The molecular weight excluding hydrogens is 943 g/mol. The molecule has 0 bridgehead atoms. The van der Waals surface area contributed by atoms with Crippen LogP contribution < -0.4 is 9.80 Å². The molecule has 0 unspecified atom stereocenters. The van der Waals surface area contributed by atoms with E-state index >= 15 is 8.78 Å². The van der Waals surface area contributed by atoms with Crippen LogP contribution >= 0.6 is 0 Å². The van der Waals surface area contributed by atoms with Crippen LogP contribution in [0.1, 0.15) is 62.4 Å². The van der Waals surface area contributed by atoms with Gasteiger partial charge in [0.2, 0.25) is 0 Å². The Morgan fingerprint density at radius 2 is 0.766 bits per heavy atom. The van der Waals surface area contributed by atoms with Gasteiger partial charge in [0.05, 0.1) is 35.1 Å². The molecule has 0 saturated heterocycles. The summed E-state index contributed by atoms with van der Waals surface area (Å²) in [6.45, 7) is 17.3. The second-order valence-corrected chi connectivity index (χ2v) is 20.5. The number of para-hydroxylation sites is 2. The lowest BCUT2D eigenvalue weighted by molar-refractivity contribution is 0.632. The topological polar surface area (TPSA) is 6.48 Å². The van der Waals surface area contributed by atoms with Crippen LogP contribution in [-0.2, 0) is 0 Å². The molecule has 12 rings (SSSR count). The number of benzene rings is 12. The van der Waals surface area contributed by atoms with E-state index in [2.05, 4.69) is 0 Å². The lowest BCUT2D eigenvalue weighted by atomic mass is 9.85. The van der Waals surface area contributed by atoms with E-state index in [4.69, 9.17) is 6.85 Å². The summed E-state index contributed by atoms with van der Waals surface area (Å²) in [5.74, 6) is -1.28. The first-order valence-corrected chi connectivity index (χ1v) is 25.9. The van der Waals surface area contributed by atoms with E-state index in [1.807, 2.05) is 183 Å². The molecule has 77 heavy (non-hydrogen) atoms. The van der Waals surface area contributed by atoms with Gasteiger partial charge in [-0.3, -0.25) is 0 Å². The van der Waals surface area contributed by atoms with E-state index in [1.165, 1.54) is 4.90 Å². The monoisotopic (exact) mass is 1010 g/mol. The molecule has 0 aliphatic heterocycles. The number of anilines is 6. The van der Waals surface area contributed by atoms with E-state index < -0.39 is 53.9 Å². The number of aryl methyl sites for hydroxylation is 8. The van der Waals surface area contributed by atoms with E-state index in [9.17, 15) is 5.48 Å². The van der Waals surface area contributed by atoms with Crippen molar-refractivity contribution in [2.75, 3.05) is 9.80 Å². The number of nitrogens with zero attached hydrogens (tertiary/aromatic N) is 2. The van der Waals surface area contributed by atoms with Gasteiger partial charge >= 0.3 is 0 Å². The van der Waals surface area contributed by atoms with Gasteiger partial charge in [0.1, 0.15) is 0 Å². The summed E-state index contributed by atoms with van der Waals surface area (Å²) in [6, 6.07) is 41.2. The molecule has 12 aromatic carbocycles. The number of halogens is 2. The Morgan fingerprint density at radius 1 is 0.325 bits per heavy atom. The fraction of sp³-hybridized carbons (Fsp3) is 0.123. The first-order valence-electron chi connectivity index (χ1n) is 30.4. The Balaban J connectivity index is 1.19. The van der Waals surface area contributed by atoms with Crippen molar-refractivity contribution in [2.24, 2.45) is 0 Å². The Hall–Kier alpha value is -8.86. The summed E-state index contributed by atoms with van der Waals surface area (Å²) in [5, 5.41) is 3.94. The average molecular weight is 1010 g/mol. The highest BCUT2D eigenvalue weighted by molar-refractivity contribution is 6.28. The van der Waals surface area contributed by atoms with Crippen molar-refractivity contribution >= 4 is 66.4 Å². The third-order valence-electron chi connectivity index (χ3n) is 15.5. The molecule has 2 nitrogen and oxygen atoms in total. The fourth-order valence-corrected chi connectivity index (χ4v) is 11.9. The van der Waals surface area contributed by atoms with Crippen molar-refractivity contribution in [3.8, 4) is 44.5 Å². The van der Waals surface area contributed by atoms with Gasteiger partial charge in [-0.25, -0.2) is 8.78 Å². The minimum atomic E-state index is -0.674. The van der Waals surface area contributed by atoms with Gasteiger partial charge in [0, 0.05) is 33.3 Å². The molecule has 0 fully saturated rings. The Kier molecular flexibility index (Phi) is 9.95. The molecule has 4 heteroatoms. The number of hydrogen-bond acceptors (Lipinski definition) is 2. The summed E-state index contributed by atoms with van der Waals surface area (Å²) >= 11 is 0. The predicted octanol–water partition coefficient (Wildman–Crippen LogP) is 21.2. The molecular formula is C73H60F2N2. The average Bonchev–Trinajstić information content (AvgIpc) is 0.746. The third-order valence-corrected chi connectivity index (χ3v) is 15.5. The minimum Gasteiger partial charge on any atom is -0.307 e. The van der Waals surface area contributed by atoms with E-state index in [0.29, 0.717) is 66.3 Å². The predicted molar refractivity (Wildman–Crippen MR) is 324 cm³/mol. The number of rotatable bonds is 10. The minimum absolute atomic E-state index is 0.0347. The van der Waals surface area contributed by atoms with Crippen LogP contribution in [0.25, 0.3) is 76.8 Å². The van der Waals surface area contributed by atoms with Gasteiger partial charge in [-0.15, -0.1) is 0 Å². The van der Waals surface area contributed by atoms with Gasteiger partial charge in [0.15, 0.2) is 11.6 Å². The maximum absolute atomic E-state index is 19.1. The second-order valence-electron chi connectivity index (χ2n) is 20.5. The summed E-state index contributed by atoms with van der Waals surface area (Å²) in [4.78, 5) is 3.06. The maximum atomic E-state index is 19.1. The van der Waals surface area contributed by atoms with Crippen molar-refractivity contribution in [1.29, 1.82) is 0 Å². The molecule has 0 heterocycles. The Labute approximate surface area is 464 Å². The molecule has 0 spiro atoms. The third kappa shape index (κ3) is 8.13. The van der Waals surface area contributed by atoms with Crippen LogP contribution in [0.3, 0.4) is 0 Å². The van der Waals surface area contributed by atoms with E-state index in [0.717, 1.165) is 66.4 Å². The van der Waals surface area contributed by atoms with Crippen molar-refractivity contribution in [3.63, 3.8) is 0 Å². The molecule has 376 valence electrons. The zero-order valence-corrected chi connectivity index (χ0v) is 44.5. The number of hydrogen-bond donors (Lipinski definition) is 0. The largest absolute Gasteiger partial charge is 0.307 e. The van der Waals surface area contributed by atoms with Crippen LogP contribution in [0, 0.1) is 73.9 Å². The second kappa shape index (κ2) is 19.4. The van der Waals surface area contributed by atoms with Crippen LogP contribution in [0.4, 0.5) is 42.9 Å². The molecule has 12 aromatic rings. The summed E-state index contributed by atoms with van der Waals surface area (Å²) < 4.78 is 121. The maximum Gasteiger partial charge on any atom is 0.155 e. The fourth-order valence-electron chi connectivity index (χ4n) is 11.9. The summed E-state index contributed by atoms with van der Waals surface area (Å²) in [6.07, 6.45) is 0. The van der Waals surface area contributed by atoms with Crippen LogP contribution in [0.15, 0.2) is 200 Å². The van der Waals surface area contributed by atoms with Crippen molar-refractivity contribution < 1.29 is 21.1 Å². The first-order chi connectivity index (χ1) is 41.0. The normalized spacial score (nSPS) is 13.2. The van der Waals surface area contributed by atoms with Crippen LogP contribution in [0.5, 0.6) is 0 Å². The van der Waals surface area contributed by atoms with Gasteiger partial charge in [-0.05, 0) is 204 Å². The summed E-state index contributed by atoms with van der Waals surface area (Å²) in [7, 11) is 0. The van der Waals surface area contributed by atoms with E-state index in [-0.39, 0.29) is 40.4 Å². The van der Waals surface area contributed by atoms with Crippen molar-refractivity contribution in [1.82, 2.24) is 0 Å². The summed E-state index contributed by atoms with van der Waals surface area (Å²) in [5.41, 5.74) is 12.7. The van der Waals surface area contributed by atoms with Crippen molar-refractivity contribution in [2.45, 2.75) is 62.3 Å². The Bertz CT molecular complexity index is 4740. The quantitative estimate of drug-likeness (QED) is 0.126. The molecule has 0 saturated carbocycles. The SMILES string of the molecule is [2H]c1c([2H])c([2H])c(N(c2ccc(-c3c(C)cccc3C)c(-c3c(C)cccc3C)c2F)c2ccc3ccc4c(N(c5ccc(-c6cc(C)ccc6C)c(-c6c(C)cccc6C)c5F)c5c([2H])c([2H])c([2H])c([2H])c5C)ccc5ccc2c3c54)c([2H])c1[2H]. The van der Waals surface area contributed by atoms with Crippen molar-refractivity contribution in [3.05, 3.63) is 262 Å². The molecule has 0 radical (unpaired) electrons. The highest BCUT2D eigenvalue weighted by Gasteiger charge is 2.30. The highest BCUT2D eigenvalue weighted by atomic mass is 19.1. The van der Waals surface area contributed by atoms with Gasteiger partial charge < -0.3 is 9.80 Å². The zero-order chi connectivity index (χ0) is 61.2. The van der Waals surface area contributed by atoms with Crippen LogP contribution in [0.2, 0.25) is 0 Å². The van der Waals surface area contributed by atoms with E-state index in [1.54, 1.807) is 30.0 Å². The first kappa shape index (κ1) is 39.5. The van der Waals surface area contributed by atoms with Crippen LogP contribution in [-0.4, -0.2) is 0 Å². The molecule has 0 aromatic heterocycles. The lowest BCUT2D eigenvalue weighted by Crippen LogP contribution is -2.15. The highest BCUT2D eigenvalue weighted by Crippen LogP contribution is 2.52. The molecule has 0 amide bonds. The molecule has 0 aliphatic carbocycles.